The number of nitrogens with two attached hydrogens (primary N) is 1. The number of carbonyl (C=O) groups is 1. The summed E-state index contributed by atoms with van der Waals surface area (Å²) in [4.78, 5) is 10.7. The topological polar surface area (TPSA) is 102 Å². The molecule has 0 amide bonds. The van der Waals surface area contributed by atoms with Crippen molar-refractivity contribution in [1.29, 1.82) is 0 Å². The van der Waals surface area contributed by atoms with E-state index in [0.29, 0.717) is 5.56 Å². The zero-order valence-electron chi connectivity index (χ0n) is 7.54. The number of rotatable bonds is 2. The number of aromatic nitrogens is 2. The number of aromatic carboxylic acids is 1. The van der Waals surface area contributed by atoms with Crippen molar-refractivity contribution in [3.8, 4) is 11.5 Å². The van der Waals surface area contributed by atoms with E-state index >= 15 is 0 Å². The lowest BCUT2D eigenvalue weighted by Gasteiger charge is -1.96. The molecule has 0 bridgehead atoms. The van der Waals surface area contributed by atoms with Gasteiger partial charge >= 0.3 is 12.0 Å². The molecule has 0 saturated heterocycles. The highest BCUT2D eigenvalue weighted by Gasteiger charge is 2.09. The first-order valence-corrected chi connectivity index (χ1v) is 4.09. The molecule has 0 fully saturated rings. The van der Waals surface area contributed by atoms with Gasteiger partial charge in [0.15, 0.2) is 0 Å². The van der Waals surface area contributed by atoms with E-state index in [4.69, 9.17) is 15.3 Å². The Kier molecular flexibility index (Phi) is 2.09. The van der Waals surface area contributed by atoms with E-state index in [2.05, 4.69) is 10.2 Å². The molecule has 0 radical (unpaired) electrons. The summed E-state index contributed by atoms with van der Waals surface area (Å²) in [6, 6.07) is 6.13. The molecule has 6 nitrogen and oxygen atoms in total. The maximum atomic E-state index is 10.7. The van der Waals surface area contributed by atoms with E-state index < -0.39 is 5.97 Å². The Morgan fingerprint density at radius 1 is 1.40 bits per heavy atom. The number of nitrogen functional groups attached to an aromatic ring is 1. The normalized spacial score (nSPS) is 10.1. The van der Waals surface area contributed by atoms with Crippen molar-refractivity contribution >= 4 is 12.0 Å². The zero-order chi connectivity index (χ0) is 10.8. The lowest BCUT2D eigenvalue weighted by Crippen LogP contribution is -1.95. The Hall–Kier alpha value is -2.37. The van der Waals surface area contributed by atoms with Gasteiger partial charge in [-0.05, 0) is 18.2 Å². The maximum Gasteiger partial charge on any atom is 0.335 e. The third-order valence-electron chi connectivity index (χ3n) is 1.80. The van der Waals surface area contributed by atoms with Gasteiger partial charge in [-0.25, -0.2) is 4.79 Å². The van der Waals surface area contributed by atoms with Crippen LogP contribution in [0.2, 0.25) is 0 Å². The summed E-state index contributed by atoms with van der Waals surface area (Å²) in [5.41, 5.74) is 5.94. The quantitative estimate of drug-likeness (QED) is 0.758. The van der Waals surface area contributed by atoms with Crippen molar-refractivity contribution in [2.24, 2.45) is 0 Å². The summed E-state index contributed by atoms with van der Waals surface area (Å²) in [5.74, 6) is -0.806. The molecule has 2 rings (SSSR count). The Balaban J connectivity index is 2.45. The summed E-state index contributed by atoms with van der Waals surface area (Å²) in [7, 11) is 0. The summed E-state index contributed by atoms with van der Waals surface area (Å²) in [5, 5.41) is 15.9. The van der Waals surface area contributed by atoms with Crippen molar-refractivity contribution in [1.82, 2.24) is 10.2 Å². The minimum absolute atomic E-state index is 0.0503. The second-order valence-electron chi connectivity index (χ2n) is 2.83. The van der Waals surface area contributed by atoms with Crippen molar-refractivity contribution in [3.63, 3.8) is 0 Å². The lowest BCUT2D eigenvalue weighted by atomic mass is 10.1. The highest BCUT2D eigenvalue weighted by Crippen LogP contribution is 2.19. The molecule has 0 aliphatic heterocycles. The van der Waals surface area contributed by atoms with E-state index in [1.165, 1.54) is 12.1 Å². The van der Waals surface area contributed by atoms with E-state index in [1.54, 1.807) is 12.1 Å². The van der Waals surface area contributed by atoms with Crippen LogP contribution in [0.4, 0.5) is 6.01 Å². The number of hydrogen-bond acceptors (Lipinski definition) is 5. The molecule has 2 aromatic rings. The van der Waals surface area contributed by atoms with Gasteiger partial charge in [-0.3, -0.25) is 0 Å². The standard InChI is InChI=1S/C9H7N3O3/c10-9-12-11-7(15-9)5-2-1-3-6(4-5)8(13)14/h1-4H,(H2,10,12)(H,13,14). The van der Waals surface area contributed by atoms with Gasteiger partial charge < -0.3 is 15.3 Å². The molecule has 1 heterocycles. The lowest BCUT2D eigenvalue weighted by molar-refractivity contribution is 0.0697. The van der Waals surface area contributed by atoms with Crippen molar-refractivity contribution < 1.29 is 14.3 Å². The van der Waals surface area contributed by atoms with Gasteiger partial charge in [0.05, 0.1) is 5.56 Å². The molecule has 0 unspecified atom stereocenters. The molecule has 0 aliphatic rings. The average molecular weight is 205 g/mol. The Labute approximate surface area is 84.4 Å². The van der Waals surface area contributed by atoms with E-state index in [1.807, 2.05) is 0 Å². The van der Waals surface area contributed by atoms with Crippen molar-refractivity contribution in [3.05, 3.63) is 29.8 Å². The fourth-order valence-electron chi connectivity index (χ4n) is 1.14. The first-order valence-electron chi connectivity index (χ1n) is 4.09. The Morgan fingerprint density at radius 3 is 2.80 bits per heavy atom. The van der Waals surface area contributed by atoms with E-state index in [9.17, 15) is 4.79 Å². The molecule has 0 spiro atoms. The third-order valence-corrected chi connectivity index (χ3v) is 1.80. The average Bonchev–Trinajstić information content (AvgIpc) is 2.65. The molecule has 76 valence electrons. The predicted molar refractivity (Wildman–Crippen MR) is 51.1 cm³/mol. The number of nitrogens with zero attached hydrogens (tertiary/aromatic N) is 2. The third kappa shape index (κ3) is 1.78. The summed E-state index contributed by atoms with van der Waals surface area (Å²) in [6.45, 7) is 0. The monoisotopic (exact) mass is 205 g/mol. The van der Waals surface area contributed by atoms with Gasteiger partial charge in [0.1, 0.15) is 0 Å². The summed E-state index contributed by atoms with van der Waals surface area (Å²) < 4.78 is 4.97. The zero-order valence-corrected chi connectivity index (χ0v) is 7.54. The highest BCUT2D eigenvalue weighted by molar-refractivity contribution is 5.88. The molecule has 1 aromatic carbocycles. The van der Waals surface area contributed by atoms with Crippen LogP contribution in [-0.2, 0) is 0 Å². The minimum atomic E-state index is -1.01. The van der Waals surface area contributed by atoms with Gasteiger partial charge in [0, 0.05) is 5.56 Å². The predicted octanol–water partition coefficient (Wildman–Crippen LogP) is 1.02. The molecular weight excluding hydrogens is 198 g/mol. The van der Waals surface area contributed by atoms with Gasteiger partial charge in [-0.15, -0.1) is 5.10 Å². The number of anilines is 1. The number of carboxylic acids is 1. The van der Waals surface area contributed by atoms with Crippen LogP contribution in [0.1, 0.15) is 10.4 Å². The van der Waals surface area contributed by atoms with Gasteiger partial charge in [0.2, 0.25) is 5.89 Å². The van der Waals surface area contributed by atoms with Crippen LogP contribution in [-0.4, -0.2) is 21.3 Å². The van der Waals surface area contributed by atoms with Gasteiger partial charge in [0.25, 0.3) is 0 Å². The molecule has 3 N–H and O–H groups in total. The molecule has 6 heteroatoms. The fraction of sp³-hybridized carbons (Fsp3) is 0. The van der Waals surface area contributed by atoms with Crippen molar-refractivity contribution in [2.45, 2.75) is 0 Å². The smallest absolute Gasteiger partial charge is 0.335 e. The van der Waals surface area contributed by atoms with Crippen LogP contribution in [0.5, 0.6) is 0 Å². The first kappa shape index (κ1) is 9.20. The molecule has 0 atom stereocenters. The molecule has 15 heavy (non-hydrogen) atoms. The maximum absolute atomic E-state index is 10.7. The molecule has 1 aromatic heterocycles. The number of hydrogen-bond donors (Lipinski definition) is 2. The highest BCUT2D eigenvalue weighted by atomic mass is 16.4. The Bertz CT molecular complexity index is 507. The van der Waals surface area contributed by atoms with Crippen LogP contribution in [0.25, 0.3) is 11.5 Å². The van der Waals surface area contributed by atoms with E-state index in [-0.39, 0.29) is 17.5 Å². The van der Waals surface area contributed by atoms with Crippen LogP contribution < -0.4 is 5.73 Å². The van der Waals surface area contributed by atoms with Gasteiger partial charge in [-0.2, -0.15) is 0 Å². The van der Waals surface area contributed by atoms with E-state index in [0.717, 1.165) is 0 Å². The number of carboxylic acid groups (broad SMARTS) is 1. The van der Waals surface area contributed by atoms with Crippen LogP contribution in [0.3, 0.4) is 0 Å². The molecule has 0 aliphatic carbocycles. The second kappa shape index (κ2) is 3.41. The van der Waals surface area contributed by atoms with Gasteiger partial charge in [-0.1, -0.05) is 11.2 Å². The number of benzene rings is 1. The molecular formula is C9H7N3O3. The Morgan fingerprint density at radius 2 is 2.20 bits per heavy atom. The minimum Gasteiger partial charge on any atom is -0.478 e. The summed E-state index contributed by atoms with van der Waals surface area (Å²) in [6.07, 6.45) is 0. The summed E-state index contributed by atoms with van der Waals surface area (Å²) >= 11 is 0. The van der Waals surface area contributed by atoms with Crippen LogP contribution in [0, 0.1) is 0 Å². The fourth-order valence-corrected chi connectivity index (χ4v) is 1.14. The van der Waals surface area contributed by atoms with Crippen molar-refractivity contribution in [2.75, 3.05) is 5.73 Å². The SMILES string of the molecule is Nc1nnc(-c2cccc(C(=O)O)c2)o1. The largest absolute Gasteiger partial charge is 0.478 e. The molecule has 0 saturated carbocycles. The first-order chi connectivity index (χ1) is 7.16. The van der Waals surface area contributed by atoms with Crippen LogP contribution >= 0.6 is 0 Å². The van der Waals surface area contributed by atoms with Crippen LogP contribution in [0.15, 0.2) is 28.7 Å². The second-order valence-corrected chi connectivity index (χ2v) is 2.83.